The molecule has 17 heavy (non-hydrogen) atoms. The van der Waals surface area contributed by atoms with Crippen LogP contribution in [0.5, 0.6) is 0 Å². The molecule has 0 spiro atoms. The van der Waals surface area contributed by atoms with Crippen molar-refractivity contribution in [3.05, 3.63) is 35.8 Å². The number of fused-ring (bicyclic) bond motifs is 1. The number of nitrogens with two attached hydrogens (primary N) is 1. The number of hydrogen-bond donors (Lipinski definition) is 1. The van der Waals surface area contributed by atoms with Crippen molar-refractivity contribution in [1.82, 2.24) is 9.38 Å². The van der Waals surface area contributed by atoms with Crippen LogP contribution in [0.3, 0.4) is 0 Å². The first-order valence-corrected chi connectivity index (χ1v) is 5.98. The van der Waals surface area contributed by atoms with Crippen LogP contribution in [0, 0.1) is 0 Å². The minimum atomic E-state index is -0.324. The number of aromatic nitrogens is 2. The first-order valence-electron chi connectivity index (χ1n) is 5.98. The largest absolute Gasteiger partial charge is 0.369 e. The maximum atomic E-state index is 10.9. The number of pyridine rings is 1. The Hall–Kier alpha value is -1.84. The zero-order valence-corrected chi connectivity index (χ0v) is 9.60. The average molecular weight is 229 g/mol. The van der Waals surface area contributed by atoms with Crippen molar-refractivity contribution in [1.29, 1.82) is 0 Å². The van der Waals surface area contributed by atoms with Gasteiger partial charge in [0.2, 0.25) is 5.91 Å². The molecule has 2 aromatic rings. The molecule has 3 rings (SSSR count). The Kier molecular flexibility index (Phi) is 2.35. The fourth-order valence-corrected chi connectivity index (χ4v) is 2.35. The molecule has 0 unspecified atom stereocenters. The van der Waals surface area contributed by atoms with Gasteiger partial charge in [-0.2, -0.15) is 0 Å². The van der Waals surface area contributed by atoms with Crippen molar-refractivity contribution in [3.63, 3.8) is 0 Å². The average Bonchev–Trinajstić information content (AvgIpc) is 2.58. The fourth-order valence-electron chi connectivity index (χ4n) is 2.35. The van der Waals surface area contributed by atoms with Crippen molar-refractivity contribution in [2.75, 3.05) is 0 Å². The zero-order chi connectivity index (χ0) is 11.8. The molecule has 0 bridgehead atoms. The van der Waals surface area contributed by atoms with E-state index < -0.39 is 0 Å². The highest BCUT2D eigenvalue weighted by molar-refractivity contribution is 5.76. The van der Waals surface area contributed by atoms with Crippen molar-refractivity contribution >= 4 is 11.6 Å². The molecule has 2 heterocycles. The van der Waals surface area contributed by atoms with Crippen LogP contribution in [0.1, 0.15) is 36.4 Å². The van der Waals surface area contributed by atoms with Crippen molar-refractivity contribution < 1.29 is 4.79 Å². The summed E-state index contributed by atoms with van der Waals surface area (Å²) in [6.45, 7) is 0. The smallest absolute Gasteiger partial charge is 0.223 e. The second-order valence-corrected chi connectivity index (χ2v) is 4.71. The Morgan fingerprint density at radius 2 is 2.35 bits per heavy atom. The topological polar surface area (TPSA) is 60.4 Å². The third kappa shape index (κ3) is 1.79. The van der Waals surface area contributed by atoms with Gasteiger partial charge in [0.15, 0.2) is 0 Å². The lowest BCUT2D eigenvalue weighted by Crippen LogP contribution is -2.15. The number of primary amides is 1. The first kappa shape index (κ1) is 10.3. The molecule has 0 saturated heterocycles. The van der Waals surface area contributed by atoms with E-state index in [1.807, 2.05) is 10.6 Å². The number of hydrogen-bond acceptors (Lipinski definition) is 2. The first-order chi connectivity index (χ1) is 8.24. The summed E-state index contributed by atoms with van der Waals surface area (Å²) in [7, 11) is 0. The third-order valence-electron chi connectivity index (χ3n) is 3.55. The van der Waals surface area contributed by atoms with Gasteiger partial charge in [0, 0.05) is 12.4 Å². The van der Waals surface area contributed by atoms with Gasteiger partial charge in [-0.3, -0.25) is 4.79 Å². The molecule has 1 amide bonds. The predicted molar refractivity (Wildman–Crippen MR) is 64.7 cm³/mol. The molecule has 0 aliphatic heterocycles. The molecule has 1 aliphatic carbocycles. The summed E-state index contributed by atoms with van der Waals surface area (Å²) in [6, 6.07) is 4.25. The Labute approximate surface area is 99.5 Å². The highest BCUT2D eigenvalue weighted by atomic mass is 16.1. The van der Waals surface area contributed by atoms with Crippen LogP contribution < -0.4 is 5.73 Å². The molecule has 1 aliphatic rings. The molecule has 4 nitrogen and oxygen atoms in total. The maximum Gasteiger partial charge on any atom is 0.223 e. The molecule has 0 atom stereocenters. The van der Waals surface area contributed by atoms with E-state index in [4.69, 9.17) is 5.73 Å². The molecular formula is C13H15N3O. The van der Waals surface area contributed by atoms with E-state index in [1.165, 1.54) is 24.8 Å². The number of imidazole rings is 1. The van der Waals surface area contributed by atoms with E-state index in [-0.39, 0.29) is 12.3 Å². The van der Waals surface area contributed by atoms with Gasteiger partial charge in [-0.25, -0.2) is 4.98 Å². The van der Waals surface area contributed by atoms with Gasteiger partial charge in [0.1, 0.15) is 5.65 Å². The van der Waals surface area contributed by atoms with Gasteiger partial charge in [-0.15, -0.1) is 0 Å². The Bertz CT molecular complexity index is 569. The van der Waals surface area contributed by atoms with Crippen molar-refractivity contribution in [2.24, 2.45) is 5.73 Å². The summed E-state index contributed by atoms with van der Waals surface area (Å²) in [4.78, 5) is 15.3. The number of carbonyl (C=O) groups is 1. The summed E-state index contributed by atoms with van der Waals surface area (Å²) < 4.78 is 1.94. The van der Waals surface area contributed by atoms with E-state index in [1.54, 1.807) is 6.20 Å². The quantitative estimate of drug-likeness (QED) is 0.869. The van der Waals surface area contributed by atoms with Crippen LogP contribution in [-0.4, -0.2) is 15.3 Å². The number of amides is 1. The van der Waals surface area contributed by atoms with E-state index in [9.17, 15) is 4.79 Å². The highest BCUT2D eigenvalue weighted by Gasteiger charge is 2.20. The molecule has 0 aromatic carbocycles. The zero-order valence-electron chi connectivity index (χ0n) is 9.60. The summed E-state index contributed by atoms with van der Waals surface area (Å²) in [5, 5.41) is 0. The van der Waals surface area contributed by atoms with Gasteiger partial charge in [-0.05, 0) is 36.5 Å². The van der Waals surface area contributed by atoms with E-state index >= 15 is 0 Å². The van der Waals surface area contributed by atoms with Crippen molar-refractivity contribution in [2.45, 2.75) is 31.6 Å². The second-order valence-electron chi connectivity index (χ2n) is 4.71. The van der Waals surface area contributed by atoms with Gasteiger partial charge >= 0.3 is 0 Å². The van der Waals surface area contributed by atoms with Crippen LogP contribution in [-0.2, 0) is 11.2 Å². The lowest BCUT2D eigenvalue weighted by atomic mass is 9.80. The van der Waals surface area contributed by atoms with Gasteiger partial charge in [-0.1, -0.05) is 6.42 Å². The Balaban J connectivity index is 1.98. The minimum Gasteiger partial charge on any atom is -0.369 e. The normalized spacial score (nSPS) is 16.0. The molecule has 2 aromatic heterocycles. The van der Waals surface area contributed by atoms with Gasteiger partial charge in [0.05, 0.1) is 12.1 Å². The van der Waals surface area contributed by atoms with Crippen LogP contribution in [0.15, 0.2) is 24.5 Å². The maximum absolute atomic E-state index is 10.9. The lowest BCUT2D eigenvalue weighted by molar-refractivity contribution is -0.117. The molecule has 1 saturated carbocycles. The van der Waals surface area contributed by atoms with Crippen LogP contribution >= 0.6 is 0 Å². The molecule has 4 heteroatoms. The summed E-state index contributed by atoms with van der Waals surface area (Å²) >= 11 is 0. The van der Waals surface area contributed by atoms with Crippen LogP contribution in [0.25, 0.3) is 5.65 Å². The molecule has 88 valence electrons. The third-order valence-corrected chi connectivity index (χ3v) is 3.55. The number of rotatable bonds is 3. The molecule has 1 fully saturated rings. The van der Waals surface area contributed by atoms with Crippen LogP contribution in [0.2, 0.25) is 0 Å². The van der Waals surface area contributed by atoms with Gasteiger partial charge < -0.3 is 10.1 Å². The number of nitrogens with zero attached hydrogens (tertiary/aromatic N) is 2. The van der Waals surface area contributed by atoms with E-state index in [0.717, 1.165) is 11.3 Å². The summed E-state index contributed by atoms with van der Waals surface area (Å²) in [6.07, 6.45) is 7.86. The van der Waals surface area contributed by atoms with E-state index in [2.05, 4.69) is 17.1 Å². The fraction of sp³-hybridized carbons (Fsp3) is 0.385. The van der Waals surface area contributed by atoms with Gasteiger partial charge in [0.25, 0.3) is 0 Å². The summed E-state index contributed by atoms with van der Waals surface area (Å²) in [5.74, 6) is 0.381. The lowest BCUT2D eigenvalue weighted by Gasteiger charge is -2.25. The summed E-state index contributed by atoms with van der Waals surface area (Å²) in [5.41, 5.74) is 8.33. The SMILES string of the molecule is NC(=O)Cc1cnc2cc(C3CCC3)ccn12. The number of carbonyl (C=O) groups excluding carboxylic acids is 1. The Morgan fingerprint density at radius 1 is 1.53 bits per heavy atom. The minimum absolute atomic E-state index is 0.240. The standard InChI is InChI=1S/C13H15N3O/c14-12(17)7-11-8-15-13-6-10(4-5-16(11)13)9-2-1-3-9/h4-6,8-9H,1-3,7H2,(H2,14,17). The monoisotopic (exact) mass is 229 g/mol. The predicted octanol–water partition coefficient (Wildman–Crippen LogP) is 1.63. The van der Waals surface area contributed by atoms with E-state index in [0.29, 0.717) is 5.92 Å². The van der Waals surface area contributed by atoms with Crippen molar-refractivity contribution in [3.8, 4) is 0 Å². The van der Waals surface area contributed by atoms with Crippen LogP contribution in [0.4, 0.5) is 0 Å². The molecule has 2 N–H and O–H groups in total. The second kappa shape index (κ2) is 3.87. The highest BCUT2D eigenvalue weighted by Crippen LogP contribution is 2.36. The molecular weight excluding hydrogens is 214 g/mol. The Morgan fingerprint density at radius 3 is 3.00 bits per heavy atom. The molecule has 0 radical (unpaired) electrons.